The van der Waals surface area contributed by atoms with Crippen molar-refractivity contribution in [1.82, 2.24) is 9.78 Å². The second kappa shape index (κ2) is 5.99. The van der Waals surface area contributed by atoms with Crippen molar-refractivity contribution in [3.63, 3.8) is 0 Å². The fraction of sp³-hybridized carbons (Fsp3) is 0.389. The van der Waals surface area contributed by atoms with Crippen LogP contribution >= 0.6 is 0 Å². The van der Waals surface area contributed by atoms with Crippen molar-refractivity contribution >= 4 is 11.6 Å². The molecule has 1 unspecified atom stereocenters. The summed E-state index contributed by atoms with van der Waals surface area (Å²) in [5.74, 6) is 0.136. The zero-order valence-corrected chi connectivity index (χ0v) is 13.7. The van der Waals surface area contributed by atoms with Gasteiger partial charge in [-0.2, -0.15) is 5.10 Å². The first kappa shape index (κ1) is 15.5. The molecule has 0 saturated heterocycles. The monoisotopic (exact) mass is 311 g/mol. The molecule has 1 amide bonds. The van der Waals surface area contributed by atoms with Gasteiger partial charge in [0.15, 0.2) is 0 Å². The van der Waals surface area contributed by atoms with Gasteiger partial charge in [0.2, 0.25) is 0 Å². The van der Waals surface area contributed by atoms with Crippen molar-refractivity contribution in [2.75, 3.05) is 4.90 Å². The number of fused-ring (bicyclic) bond motifs is 1. The van der Waals surface area contributed by atoms with Gasteiger partial charge in [0, 0.05) is 24.3 Å². The Kier molecular flexibility index (Phi) is 4.03. The lowest BCUT2D eigenvalue weighted by molar-refractivity contribution is 0.0974. The maximum Gasteiger partial charge on any atom is 0.278 e. The summed E-state index contributed by atoms with van der Waals surface area (Å²) in [5, 5.41) is 4.28. The molecule has 120 valence electrons. The Morgan fingerprint density at radius 1 is 1.26 bits per heavy atom. The molecule has 1 aliphatic rings. The topological polar surface area (TPSA) is 55.2 Å². The Balaban J connectivity index is 1.96. The van der Waals surface area contributed by atoms with Crippen LogP contribution in [-0.4, -0.2) is 21.7 Å². The number of aromatic nitrogens is 2. The molecular formula is C18H21N3O2. The maximum atomic E-state index is 12.9. The largest absolute Gasteiger partial charge is 0.304 e. The van der Waals surface area contributed by atoms with E-state index in [0.717, 1.165) is 12.1 Å². The molecule has 0 spiro atoms. The highest BCUT2D eigenvalue weighted by molar-refractivity contribution is 6.06. The molecule has 5 nitrogen and oxygen atoms in total. The first-order valence-corrected chi connectivity index (χ1v) is 7.97. The van der Waals surface area contributed by atoms with E-state index in [4.69, 9.17) is 0 Å². The molecule has 5 heteroatoms. The number of hydrogen-bond donors (Lipinski definition) is 0. The number of anilines is 1. The average Bonchev–Trinajstić information content (AvgIpc) is 2.84. The lowest BCUT2D eigenvalue weighted by atomic mass is 10.1. The fourth-order valence-corrected chi connectivity index (χ4v) is 3.04. The number of nitrogens with zero attached hydrogens (tertiary/aromatic N) is 3. The van der Waals surface area contributed by atoms with Crippen molar-refractivity contribution in [1.29, 1.82) is 0 Å². The molecule has 3 rings (SSSR count). The molecule has 0 aliphatic carbocycles. The van der Waals surface area contributed by atoms with Crippen molar-refractivity contribution in [2.45, 2.75) is 39.8 Å². The predicted molar refractivity (Wildman–Crippen MR) is 89.8 cm³/mol. The van der Waals surface area contributed by atoms with Gasteiger partial charge < -0.3 is 4.90 Å². The van der Waals surface area contributed by atoms with Crippen LogP contribution in [0.25, 0.3) is 0 Å². The average molecular weight is 311 g/mol. The summed E-state index contributed by atoms with van der Waals surface area (Å²) in [6.07, 6.45) is 0.841. The number of amides is 1. The van der Waals surface area contributed by atoms with Crippen LogP contribution in [0.5, 0.6) is 0 Å². The highest BCUT2D eigenvalue weighted by atomic mass is 16.2. The zero-order valence-electron chi connectivity index (χ0n) is 13.7. The SMILES string of the molecule is CC(C)Cn1nc(C(=O)N2c3ccccc3CC2C)ccc1=O. The van der Waals surface area contributed by atoms with E-state index < -0.39 is 0 Å². The Morgan fingerprint density at radius 3 is 2.74 bits per heavy atom. The van der Waals surface area contributed by atoms with Crippen LogP contribution in [-0.2, 0) is 13.0 Å². The van der Waals surface area contributed by atoms with Gasteiger partial charge in [0.25, 0.3) is 11.5 Å². The van der Waals surface area contributed by atoms with Gasteiger partial charge in [0.1, 0.15) is 5.69 Å². The number of carbonyl (C=O) groups excluding carboxylic acids is 1. The van der Waals surface area contributed by atoms with Crippen molar-refractivity contribution in [2.24, 2.45) is 5.92 Å². The van der Waals surface area contributed by atoms with Gasteiger partial charge >= 0.3 is 0 Å². The van der Waals surface area contributed by atoms with E-state index in [9.17, 15) is 9.59 Å². The molecule has 1 aromatic carbocycles. The molecule has 1 aliphatic heterocycles. The van der Waals surface area contributed by atoms with E-state index in [1.807, 2.05) is 45.0 Å². The minimum atomic E-state index is -0.176. The first-order valence-electron chi connectivity index (χ1n) is 7.97. The standard InChI is InChI=1S/C18H21N3O2/c1-12(2)11-20-17(22)9-8-15(19-20)18(23)21-13(3)10-14-6-4-5-7-16(14)21/h4-9,12-13H,10-11H2,1-3H3. The number of hydrogen-bond acceptors (Lipinski definition) is 3. The van der Waals surface area contributed by atoms with Crippen LogP contribution < -0.4 is 10.5 Å². The van der Waals surface area contributed by atoms with Gasteiger partial charge in [-0.05, 0) is 37.0 Å². The van der Waals surface area contributed by atoms with Gasteiger partial charge in [-0.25, -0.2) is 4.68 Å². The zero-order chi connectivity index (χ0) is 16.6. The molecule has 0 radical (unpaired) electrons. The summed E-state index contributed by atoms with van der Waals surface area (Å²) in [6.45, 7) is 6.57. The normalized spacial score (nSPS) is 16.7. The summed E-state index contributed by atoms with van der Waals surface area (Å²) in [5.41, 5.74) is 2.25. The Hall–Kier alpha value is -2.43. The lowest BCUT2D eigenvalue weighted by Gasteiger charge is -2.22. The molecule has 0 fully saturated rings. The van der Waals surface area contributed by atoms with E-state index in [-0.39, 0.29) is 23.4 Å². The molecule has 1 aromatic heterocycles. The van der Waals surface area contributed by atoms with Crippen LogP contribution in [0.4, 0.5) is 5.69 Å². The Bertz CT molecular complexity index is 795. The molecule has 0 N–H and O–H groups in total. The second-order valence-corrected chi connectivity index (χ2v) is 6.49. The highest BCUT2D eigenvalue weighted by Gasteiger charge is 2.32. The Labute approximate surface area is 135 Å². The van der Waals surface area contributed by atoms with Gasteiger partial charge in [-0.3, -0.25) is 9.59 Å². The summed E-state index contributed by atoms with van der Waals surface area (Å²) in [7, 11) is 0. The summed E-state index contributed by atoms with van der Waals surface area (Å²) in [4.78, 5) is 26.6. The quantitative estimate of drug-likeness (QED) is 0.875. The summed E-state index contributed by atoms with van der Waals surface area (Å²) in [6, 6.07) is 11.0. The van der Waals surface area contributed by atoms with Gasteiger partial charge in [-0.15, -0.1) is 0 Å². The van der Waals surface area contributed by atoms with Crippen molar-refractivity contribution < 1.29 is 4.79 Å². The summed E-state index contributed by atoms with van der Waals surface area (Å²) >= 11 is 0. The second-order valence-electron chi connectivity index (χ2n) is 6.49. The lowest BCUT2D eigenvalue weighted by Crippen LogP contribution is -2.37. The molecule has 2 heterocycles. The van der Waals surface area contributed by atoms with E-state index >= 15 is 0 Å². The highest BCUT2D eigenvalue weighted by Crippen LogP contribution is 2.32. The number of carbonyl (C=O) groups is 1. The molecular weight excluding hydrogens is 290 g/mol. The van der Waals surface area contributed by atoms with E-state index in [1.54, 1.807) is 4.90 Å². The van der Waals surface area contributed by atoms with Gasteiger partial charge in [-0.1, -0.05) is 32.0 Å². The third-order valence-corrected chi connectivity index (χ3v) is 4.05. The van der Waals surface area contributed by atoms with Crippen LogP contribution in [0.1, 0.15) is 36.8 Å². The minimum absolute atomic E-state index is 0.0900. The number of rotatable bonds is 3. The third kappa shape index (κ3) is 2.91. The molecule has 0 saturated carbocycles. The molecule has 23 heavy (non-hydrogen) atoms. The third-order valence-electron chi connectivity index (χ3n) is 4.05. The maximum absolute atomic E-state index is 12.9. The molecule has 0 bridgehead atoms. The van der Waals surface area contributed by atoms with E-state index in [2.05, 4.69) is 5.10 Å². The summed E-state index contributed by atoms with van der Waals surface area (Å²) < 4.78 is 1.38. The number of benzene rings is 1. The van der Waals surface area contributed by atoms with E-state index in [0.29, 0.717) is 12.2 Å². The number of para-hydroxylation sites is 1. The van der Waals surface area contributed by atoms with Gasteiger partial charge in [0.05, 0.1) is 0 Å². The van der Waals surface area contributed by atoms with Crippen LogP contribution in [0.2, 0.25) is 0 Å². The minimum Gasteiger partial charge on any atom is -0.304 e. The first-order chi connectivity index (χ1) is 11.0. The van der Waals surface area contributed by atoms with Crippen LogP contribution in [0, 0.1) is 5.92 Å². The smallest absolute Gasteiger partial charge is 0.278 e. The van der Waals surface area contributed by atoms with E-state index in [1.165, 1.54) is 22.4 Å². The Morgan fingerprint density at radius 2 is 2.00 bits per heavy atom. The van der Waals surface area contributed by atoms with Crippen molar-refractivity contribution in [3.8, 4) is 0 Å². The van der Waals surface area contributed by atoms with Crippen LogP contribution in [0.3, 0.4) is 0 Å². The molecule has 2 aromatic rings. The predicted octanol–water partition coefficient (Wildman–Crippen LogP) is 2.49. The van der Waals surface area contributed by atoms with Crippen LogP contribution in [0.15, 0.2) is 41.2 Å². The molecule has 1 atom stereocenters. The van der Waals surface area contributed by atoms with Crippen molar-refractivity contribution in [3.05, 3.63) is 58.0 Å². The fourth-order valence-electron chi connectivity index (χ4n) is 3.04.